The summed E-state index contributed by atoms with van der Waals surface area (Å²) >= 11 is 0. The molecule has 108 valence electrons. The lowest BCUT2D eigenvalue weighted by molar-refractivity contribution is 0.0968. The minimum Gasteiger partial charge on any atom is -0.398 e. The number of hydrogen-bond donors (Lipinski definition) is 1. The first kappa shape index (κ1) is 13.0. The van der Waals surface area contributed by atoms with Gasteiger partial charge in [-0.15, -0.1) is 0 Å². The highest BCUT2D eigenvalue weighted by molar-refractivity contribution is 6.09. The fourth-order valence-electron chi connectivity index (χ4n) is 2.70. The molecular weight excluding hydrogens is 274 g/mol. The third kappa shape index (κ3) is 2.13. The summed E-state index contributed by atoms with van der Waals surface area (Å²) in [6.07, 6.45) is 7.06. The Bertz CT molecular complexity index is 870. The number of nitrogens with zero attached hydrogens (tertiary/aromatic N) is 2. The number of anilines is 1. The van der Waals surface area contributed by atoms with Crippen LogP contribution in [0.3, 0.4) is 0 Å². The van der Waals surface area contributed by atoms with Gasteiger partial charge in [0, 0.05) is 29.9 Å². The van der Waals surface area contributed by atoms with E-state index in [0.29, 0.717) is 11.3 Å². The van der Waals surface area contributed by atoms with Crippen molar-refractivity contribution in [3.63, 3.8) is 0 Å². The minimum atomic E-state index is 0.126. The number of aromatic nitrogens is 2. The quantitative estimate of drug-likeness (QED) is 0.749. The molecule has 2 N–H and O–H groups in total. The number of carbonyl (C=O) groups excluding carboxylic acids is 1. The largest absolute Gasteiger partial charge is 0.398 e. The van der Waals surface area contributed by atoms with Gasteiger partial charge in [0.25, 0.3) is 0 Å². The molecular formula is C18H15N3O. The molecule has 1 aliphatic carbocycles. The third-order valence-electron chi connectivity index (χ3n) is 4.14. The molecule has 4 heteroatoms. The average Bonchev–Trinajstić information content (AvgIpc) is 3.40. The molecule has 1 aromatic carbocycles. The normalized spacial score (nSPS) is 14.2. The number of ketones is 1. The van der Waals surface area contributed by atoms with Crippen molar-refractivity contribution in [1.82, 2.24) is 9.97 Å². The number of Topliss-reactive ketones (excluding diaryl/α,β-unsaturated/α-hetero) is 1. The van der Waals surface area contributed by atoms with E-state index in [4.69, 9.17) is 5.73 Å². The van der Waals surface area contributed by atoms with Gasteiger partial charge >= 0.3 is 0 Å². The average molecular weight is 289 g/mol. The summed E-state index contributed by atoms with van der Waals surface area (Å²) < 4.78 is 0. The highest BCUT2D eigenvalue weighted by Gasteiger charge is 2.32. The van der Waals surface area contributed by atoms with Crippen LogP contribution in [0.15, 0.2) is 48.9 Å². The van der Waals surface area contributed by atoms with Crippen molar-refractivity contribution in [2.45, 2.75) is 12.8 Å². The lowest BCUT2D eigenvalue weighted by atomic mass is 10.00. The van der Waals surface area contributed by atoms with Gasteiger partial charge in [0.15, 0.2) is 5.78 Å². The van der Waals surface area contributed by atoms with Crippen molar-refractivity contribution in [3.8, 4) is 11.1 Å². The zero-order valence-electron chi connectivity index (χ0n) is 12.0. The van der Waals surface area contributed by atoms with Crippen molar-refractivity contribution in [2.75, 3.05) is 5.73 Å². The molecule has 2 heterocycles. The van der Waals surface area contributed by atoms with Crippen LogP contribution in [0.1, 0.15) is 23.2 Å². The Labute approximate surface area is 128 Å². The highest BCUT2D eigenvalue weighted by atomic mass is 16.1. The van der Waals surface area contributed by atoms with Gasteiger partial charge < -0.3 is 5.73 Å². The predicted molar refractivity (Wildman–Crippen MR) is 86.4 cm³/mol. The topological polar surface area (TPSA) is 68.9 Å². The maximum Gasteiger partial charge on any atom is 0.169 e. The maximum absolute atomic E-state index is 12.3. The molecule has 0 atom stereocenters. The number of fused-ring (bicyclic) bond motifs is 1. The molecule has 1 fully saturated rings. The summed E-state index contributed by atoms with van der Waals surface area (Å²) in [6.45, 7) is 0. The number of rotatable bonds is 3. The number of hydrogen-bond acceptors (Lipinski definition) is 4. The van der Waals surface area contributed by atoms with E-state index in [9.17, 15) is 4.79 Å². The Morgan fingerprint density at radius 1 is 1.09 bits per heavy atom. The van der Waals surface area contributed by atoms with Crippen LogP contribution in [0.25, 0.3) is 22.0 Å². The van der Waals surface area contributed by atoms with Gasteiger partial charge in [-0.25, -0.2) is 0 Å². The summed E-state index contributed by atoms with van der Waals surface area (Å²) in [5, 5.41) is 0.834. The van der Waals surface area contributed by atoms with E-state index >= 15 is 0 Å². The smallest absolute Gasteiger partial charge is 0.169 e. The number of nitrogen functional groups attached to an aromatic ring is 1. The SMILES string of the molecule is Nc1c(C(=O)C2CC2)cnc2ccc(-c3ccncc3)cc12. The Kier molecular flexibility index (Phi) is 2.89. The van der Waals surface area contributed by atoms with Gasteiger partial charge in [-0.2, -0.15) is 0 Å². The van der Waals surface area contributed by atoms with E-state index < -0.39 is 0 Å². The van der Waals surface area contributed by atoms with E-state index in [1.165, 1.54) is 0 Å². The number of pyridine rings is 2. The van der Waals surface area contributed by atoms with Gasteiger partial charge in [-0.3, -0.25) is 14.8 Å². The molecule has 4 rings (SSSR count). The summed E-state index contributed by atoms with van der Waals surface area (Å²) in [7, 11) is 0. The molecule has 3 aromatic rings. The van der Waals surface area contributed by atoms with E-state index in [1.807, 2.05) is 30.3 Å². The molecule has 22 heavy (non-hydrogen) atoms. The van der Waals surface area contributed by atoms with Crippen molar-refractivity contribution in [3.05, 3.63) is 54.5 Å². The summed E-state index contributed by atoms with van der Waals surface area (Å²) in [5.74, 6) is 0.270. The fraction of sp³-hybridized carbons (Fsp3) is 0.167. The Morgan fingerprint density at radius 2 is 1.86 bits per heavy atom. The summed E-state index contributed by atoms with van der Waals surface area (Å²) in [6, 6.07) is 9.84. The first-order chi connectivity index (χ1) is 10.7. The van der Waals surface area contributed by atoms with Crippen LogP contribution in [0, 0.1) is 5.92 Å². The molecule has 0 bridgehead atoms. The molecule has 1 saturated carbocycles. The molecule has 0 saturated heterocycles. The molecule has 0 aliphatic heterocycles. The van der Waals surface area contributed by atoms with Crippen LogP contribution in [0.4, 0.5) is 5.69 Å². The zero-order valence-corrected chi connectivity index (χ0v) is 12.0. The zero-order chi connectivity index (χ0) is 15.1. The third-order valence-corrected chi connectivity index (χ3v) is 4.14. The van der Waals surface area contributed by atoms with Crippen LogP contribution in [0.5, 0.6) is 0 Å². The molecule has 2 aromatic heterocycles. The second kappa shape index (κ2) is 4.91. The predicted octanol–water partition coefficient (Wildman–Crippen LogP) is 3.47. The highest BCUT2D eigenvalue weighted by Crippen LogP contribution is 2.36. The van der Waals surface area contributed by atoms with E-state index in [2.05, 4.69) is 9.97 Å². The number of carbonyl (C=O) groups is 1. The Hall–Kier alpha value is -2.75. The van der Waals surface area contributed by atoms with E-state index in [0.717, 1.165) is 34.9 Å². The van der Waals surface area contributed by atoms with E-state index in [1.54, 1.807) is 18.6 Å². The van der Waals surface area contributed by atoms with Gasteiger partial charge in [-0.1, -0.05) is 6.07 Å². The molecule has 0 amide bonds. The molecule has 1 aliphatic rings. The minimum absolute atomic E-state index is 0.126. The van der Waals surface area contributed by atoms with Crippen molar-refractivity contribution >= 4 is 22.4 Å². The maximum atomic E-state index is 12.3. The van der Waals surface area contributed by atoms with Crippen LogP contribution in [0.2, 0.25) is 0 Å². The van der Waals surface area contributed by atoms with Crippen LogP contribution >= 0.6 is 0 Å². The first-order valence-corrected chi connectivity index (χ1v) is 7.37. The van der Waals surface area contributed by atoms with Crippen LogP contribution in [-0.4, -0.2) is 15.8 Å². The van der Waals surface area contributed by atoms with Crippen LogP contribution in [-0.2, 0) is 0 Å². The second-order valence-electron chi connectivity index (χ2n) is 5.69. The van der Waals surface area contributed by atoms with Crippen molar-refractivity contribution in [2.24, 2.45) is 5.92 Å². The Balaban J connectivity index is 1.87. The molecule has 0 unspecified atom stereocenters. The van der Waals surface area contributed by atoms with Gasteiger partial charge in [0.05, 0.1) is 16.8 Å². The monoisotopic (exact) mass is 289 g/mol. The van der Waals surface area contributed by atoms with Crippen LogP contribution < -0.4 is 5.73 Å². The van der Waals surface area contributed by atoms with Gasteiger partial charge in [-0.05, 0) is 48.2 Å². The molecule has 0 spiro atoms. The fourth-order valence-corrected chi connectivity index (χ4v) is 2.70. The second-order valence-corrected chi connectivity index (χ2v) is 5.69. The van der Waals surface area contributed by atoms with Crippen molar-refractivity contribution in [1.29, 1.82) is 0 Å². The number of benzene rings is 1. The number of nitrogens with two attached hydrogens (primary N) is 1. The lowest BCUT2D eigenvalue weighted by Crippen LogP contribution is -2.07. The lowest BCUT2D eigenvalue weighted by Gasteiger charge is -2.09. The van der Waals surface area contributed by atoms with Crippen molar-refractivity contribution < 1.29 is 4.79 Å². The Morgan fingerprint density at radius 3 is 2.59 bits per heavy atom. The summed E-state index contributed by atoms with van der Waals surface area (Å²) in [4.78, 5) is 20.7. The summed E-state index contributed by atoms with van der Waals surface area (Å²) in [5.41, 5.74) is 10.3. The molecule has 0 radical (unpaired) electrons. The first-order valence-electron chi connectivity index (χ1n) is 7.37. The van der Waals surface area contributed by atoms with Gasteiger partial charge in [0.2, 0.25) is 0 Å². The van der Waals surface area contributed by atoms with Gasteiger partial charge in [0.1, 0.15) is 0 Å². The molecule has 4 nitrogen and oxygen atoms in total. The standard InChI is InChI=1S/C18H15N3O/c19-17-14-9-13(11-5-7-20-8-6-11)3-4-16(14)21-10-15(17)18(22)12-1-2-12/h3-10,12H,1-2H2,(H2,19,21). The van der Waals surface area contributed by atoms with E-state index in [-0.39, 0.29) is 11.7 Å².